The van der Waals surface area contributed by atoms with Crippen molar-refractivity contribution in [3.63, 3.8) is 0 Å². The summed E-state index contributed by atoms with van der Waals surface area (Å²) < 4.78 is 5.05. The number of anilines is 1. The predicted octanol–water partition coefficient (Wildman–Crippen LogP) is 3.52. The smallest absolute Gasteiger partial charge is 0.301 e. The van der Waals surface area contributed by atoms with Crippen LogP contribution in [-0.4, -0.2) is 26.9 Å². The molecule has 1 N–H and O–H groups in total. The number of aliphatic hydroxyl groups excluding tert-OH is 1. The quantitative estimate of drug-likeness (QED) is 0.231. The Morgan fingerprint density at radius 2 is 1.80 bits per heavy atom. The standard InChI is InChI=1S/C21H15N3O6/c1-12-11-16(22-30-12)23-18(13-7-9-15(10-8-13)24(28)29)17(20(26)21(23)27)19(25)14-5-3-2-4-6-14/h2-11,18,25H,1H3. The SMILES string of the molecule is Cc1cc(N2C(=O)C(=O)C(=C(O)c3ccccc3)C2c2ccc([N+](=O)[O-])cc2)no1. The molecule has 1 saturated heterocycles. The number of Topliss-reactive ketones (excluding diaryl/α,β-unsaturated/α-hetero) is 1. The molecule has 2 heterocycles. The number of nitro groups is 1. The van der Waals surface area contributed by atoms with E-state index in [1.54, 1.807) is 37.3 Å². The van der Waals surface area contributed by atoms with Crippen molar-refractivity contribution < 1.29 is 24.1 Å². The lowest BCUT2D eigenvalue weighted by Gasteiger charge is -2.22. The third kappa shape index (κ3) is 3.12. The number of carbonyl (C=O) groups is 2. The van der Waals surface area contributed by atoms with Crippen LogP contribution in [0.3, 0.4) is 0 Å². The number of carbonyl (C=O) groups excluding carboxylic acids is 2. The van der Waals surface area contributed by atoms with E-state index in [-0.39, 0.29) is 22.8 Å². The van der Waals surface area contributed by atoms with E-state index in [2.05, 4.69) is 5.16 Å². The Hall–Kier alpha value is -4.27. The maximum Gasteiger partial charge on any atom is 0.301 e. The number of hydrogen-bond acceptors (Lipinski definition) is 7. The van der Waals surface area contributed by atoms with E-state index in [0.717, 1.165) is 4.90 Å². The molecular weight excluding hydrogens is 390 g/mol. The van der Waals surface area contributed by atoms with Crippen molar-refractivity contribution in [1.29, 1.82) is 0 Å². The Morgan fingerprint density at radius 3 is 2.37 bits per heavy atom. The minimum atomic E-state index is -1.03. The Morgan fingerprint density at radius 1 is 1.13 bits per heavy atom. The molecule has 150 valence electrons. The number of rotatable bonds is 4. The summed E-state index contributed by atoms with van der Waals surface area (Å²) in [5.41, 5.74) is 0.480. The zero-order chi connectivity index (χ0) is 21.4. The van der Waals surface area contributed by atoms with E-state index < -0.39 is 22.7 Å². The molecule has 1 amide bonds. The van der Waals surface area contributed by atoms with Gasteiger partial charge in [-0.1, -0.05) is 35.5 Å². The van der Waals surface area contributed by atoms with Gasteiger partial charge in [-0.05, 0) is 24.6 Å². The molecule has 0 bridgehead atoms. The second-order valence-corrected chi connectivity index (χ2v) is 6.68. The van der Waals surface area contributed by atoms with Gasteiger partial charge in [0, 0.05) is 23.8 Å². The Bertz CT molecular complexity index is 1180. The van der Waals surface area contributed by atoms with Crippen LogP contribution in [0.4, 0.5) is 11.5 Å². The topological polar surface area (TPSA) is 127 Å². The number of hydrogen-bond donors (Lipinski definition) is 1. The summed E-state index contributed by atoms with van der Waals surface area (Å²) in [6.07, 6.45) is 0. The molecule has 0 aliphatic carbocycles. The van der Waals surface area contributed by atoms with Gasteiger partial charge in [-0.15, -0.1) is 0 Å². The number of nitro benzene ring substituents is 1. The van der Waals surface area contributed by atoms with E-state index in [1.165, 1.54) is 30.3 Å². The Balaban J connectivity index is 1.93. The molecule has 4 rings (SSSR count). The van der Waals surface area contributed by atoms with Crippen LogP contribution in [0, 0.1) is 17.0 Å². The average Bonchev–Trinajstić information content (AvgIpc) is 3.29. The van der Waals surface area contributed by atoms with Gasteiger partial charge in [-0.2, -0.15) is 0 Å². The minimum Gasteiger partial charge on any atom is -0.507 e. The third-order valence-corrected chi connectivity index (χ3v) is 4.77. The van der Waals surface area contributed by atoms with E-state index >= 15 is 0 Å². The van der Waals surface area contributed by atoms with Gasteiger partial charge in [0.25, 0.3) is 11.5 Å². The van der Waals surface area contributed by atoms with Crippen LogP contribution in [0.2, 0.25) is 0 Å². The van der Waals surface area contributed by atoms with Crippen molar-refractivity contribution in [3.05, 3.63) is 93.2 Å². The first-order valence-electron chi connectivity index (χ1n) is 8.92. The van der Waals surface area contributed by atoms with Crippen LogP contribution in [0.1, 0.15) is 22.9 Å². The number of nitrogens with zero attached hydrogens (tertiary/aromatic N) is 3. The largest absolute Gasteiger partial charge is 0.507 e. The van der Waals surface area contributed by atoms with Crippen LogP contribution >= 0.6 is 0 Å². The fourth-order valence-electron chi connectivity index (χ4n) is 3.38. The number of amides is 1. The molecule has 1 atom stereocenters. The molecule has 3 aromatic rings. The van der Waals surface area contributed by atoms with E-state index in [4.69, 9.17) is 4.52 Å². The highest BCUT2D eigenvalue weighted by Crippen LogP contribution is 2.42. The fourth-order valence-corrected chi connectivity index (χ4v) is 3.38. The number of aromatic nitrogens is 1. The molecule has 1 fully saturated rings. The first-order chi connectivity index (χ1) is 14.4. The minimum absolute atomic E-state index is 0.102. The van der Waals surface area contributed by atoms with Gasteiger partial charge in [-0.25, -0.2) is 0 Å². The highest BCUT2D eigenvalue weighted by Gasteiger charge is 2.48. The second kappa shape index (κ2) is 7.28. The van der Waals surface area contributed by atoms with Gasteiger partial charge in [0.1, 0.15) is 11.5 Å². The van der Waals surface area contributed by atoms with Gasteiger partial charge in [0.05, 0.1) is 16.5 Å². The zero-order valence-electron chi connectivity index (χ0n) is 15.7. The lowest BCUT2D eigenvalue weighted by Crippen LogP contribution is -2.29. The Kier molecular flexibility index (Phi) is 4.63. The lowest BCUT2D eigenvalue weighted by atomic mass is 9.95. The van der Waals surface area contributed by atoms with Crippen molar-refractivity contribution >= 4 is 29.0 Å². The van der Waals surface area contributed by atoms with E-state index in [9.17, 15) is 24.8 Å². The first-order valence-corrected chi connectivity index (χ1v) is 8.92. The van der Waals surface area contributed by atoms with Gasteiger partial charge in [-0.3, -0.25) is 24.6 Å². The molecule has 0 radical (unpaired) electrons. The van der Waals surface area contributed by atoms with Gasteiger partial charge in [0.2, 0.25) is 0 Å². The molecule has 1 aliphatic rings. The molecule has 0 spiro atoms. The molecule has 1 unspecified atom stereocenters. The summed E-state index contributed by atoms with van der Waals surface area (Å²) in [5, 5.41) is 25.7. The average molecular weight is 405 g/mol. The molecule has 30 heavy (non-hydrogen) atoms. The predicted molar refractivity (Wildman–Crippen MR) is 106 cm³/mol. The highest BCUT2D eigenvalue weighted by atomic mass is 16.6. The fraction of sp³-hybridized carbons (Fsp3) is 0.0952. The molecule has 0 saturated carbocycles. The van der Waals surface area contributed by atoms with Crippen LogP contribution in [-0.2, 0) is 9.59 Å². The van der Waals surface area contributed by atoms with Crippen molar-refractivity contribution in [2.24, 2.45) is 0 Å². The first kappa shape index (κ1) is 19.1. The van der Waals surface area contributed by atoms with Crippen molar-refractivity contribution in [2.75, 3.05) is 4.90 Å². The molecule has 2 aromatic carbocycles. The third-order valence-electron chi connectivity index (χ3n) is 4.77. The number of aryl methyl sites for hydroxylation is 1. The van der Waals surface area contributed by atoms with Crippen molar-refractivity contribution in [2.45, 2.75) is 13.0 Å². The van der Waals surface area contributed by atoms with Gasteiger partial charge < -0.3 is 9.63 Å². The maximum absolute atomic E-state index is 12.9. The monoisotopic (exact) mass is 405 g/mol. The van der Waals surface area contributed by atoms with E-state index in [1.807, 2.05) is 0 Å². The second-order valence-electron chi connectivity index (χ2n) is 6.68. The summed E-state index contributed by atoms with van der Waals surface area (Å²) in [4.78, 5) is 37.3. The summed E-state index contributed by atoms with van der Waals surface area (Å²) in [7, 11) is 0. The van der Waals surface area contributed by atoms with Crippen LogP contribution < -0.4 is 4.90 Å². The van der Waals surface area contributed by atoms with Crippen molar-refractivity contribution in [1.82, 2.24) is 5.16 Å². The molecule has 9 heteroatoms. The van der Waals surface area contributed by atoms with Crippen LogP contribution in [0.15, 0.2) is 70.8 Å². The summed E-state index contributed by atoms with van der Waals surface area (Å²) in [5.74, 6) is -1.59. The van der Waals surface area contributed by atoms with Gasteiger partial charge >= 0.3 is 5.91 Å². The zero-order valence-corrected chi connectivity index (χ0v) is 15.7. The normalized spacial score (nSPS) is 18.0. The Labute approximate surface area is 170 Å². The van der Waals surface area contributed by atoms with Crippen molar-refractivity contribution in [3.8, 4) is 0 Å². The van der Waals surface area contributed by atoms with Gasteiger partial charge in [0.15, 0.2) is 5.82 Å². The maximum atomic E-state index is 12.9. The molecule has 9 nitrogen and oxygen atoms in total. The molecule has 1 aliphatic heterocycles. The number of non-ortho nitro benzene ring substituents is 1. The lowest BCUT2D eigenvalue weighted by molar-refractivity contribution is -0.384. The molecule has 1 aromatic heterocycles. The summed E-state index contributed by atoms with van der Waals surface area (Å²) in [6, 6.07) is 14.2. The number of benzene rings is 2. The number of ketones is 1. The highest BCUT2D eigenvalue weighted by molar-refractivity contribution is 6.51. The number of aliphatic hydroxyl groups is 1. The van der Waals surface area contributed by atoms with E-state index in [0.29, 0.717) is 16.9 Å². The molecular formula is C21H15N3O6. The summed E-state index contributed by atoms with van der Waals surface area (Å²) >= 11 is 0. The summed E-state index contributed by atoms with van der Waals surface area (Å²) in [6.45, 7) is 1.64. The van der Waals surface area contributed by atoms with Crippen LogP contribution in [0.5, 0.6) is 0 Å². The van der Waals surface area contributed by atoms with Crippen LogP contribution in [0.25, 0.3) is 5.76 Å².